The van der Waals surface area contributed by atoms with Crippen LogP contribution in [0.1, 0.15) is 11.6 Å². The monoisotopic (exact) mass is 566 g/mol. The molecule has 1 aromatic carbocycles. The lowest BCUT2D eigenvalue weighted by atomic mass is 10.0. The van der Waals surface area contributed by atoms with E-state index in [2.05, 4.69) is 27.9 Å². The zero-order chi connectivity index (χ0) is 14.0. The molecule has 0 spiro atoms. The van der Waals surface area contributed by atoms with Crippen molar-refractivity contribution in [2.75, 3.05) is 26.2 Å². The molecule has 0 unspecified atom stereocenters. The van der Waals surface area contributed by atoms with Gasteiger partial charge in [-0.3, -0.25) is 4.90 Å². The molecule has 0 saturated carbocycles. The Labute approximate surface area is 162 Å². The maximum atomic E-state index is 13.4. The number of halogens is 6. The van der Waals surface area contributed by atoms with Crippen molar-refractivity contribution in [3.05, 3.63) is 24.8 Å². The Balaban J connectivity index is 0.00000200. The van der Waals surface area contributed by atoms with Gasteiger partial charge in [0.25, 0.3) is 6.43 Å². The summed E-state index contributed by atoms with van der Waals surface area (Å²) in [5.41, 5.74) is 0.327. The number of phenolic OH excluding ortho intramolecular Hbond substituents is 1. The topological polar surface area (TPSA) is 35.5 Å². The first-order valence-corrected chi connectivity index (χ1v) is 8.07. The number of rotatable bonds is 3. The van der Waals surface area contributed by atoms with Crippen molar-refractivity contribution in [1.82, 2.24) is 10.2 Å². The van der Waals surface area contributed by atoms with E-state index in [1.807, 2.05) is 22.6 Å². The molecule has 21 heavy (non-hydrogen) atoms. The van der Waals surface area contributed by atoms with Crippen molar-refractivity contribution >= 4 is 70.0 Å². The highest BCUT2D eigenvalue weighted by Gasteiger charge is 2.32. The highest BCUT2D eigenvalue weighted by atomic mass is 127. The number of phenols is 1. The molecule has 0 radical (unpaired) electrons. The van der Waals surface area contributed by atoms with Crippen molar-refractivity contribution in [3.8, 4) is 5.75 Å². The van der Waals surface area contributed by atoms with Gasteiger partial charge in [-0.1, -0.05) is 0 Å². The van der Waals surface area contributed by atoms with Gasteiger partial charge in [-0.15, -0.1) is 24.8 Å². The molecule has 0 aromatic heterocycles. The maximum absolute atomic E-state index is 13.4. The summed E-state index contributed by atoms with van der Waals surface area (Å²) in [5, 5.41) is 13.2. The van der Waals surface area contributed by atoms with Crippen LogP contribution < -0.4 is 5.32 Å². The first-order valence-electron chi connectivity index (χ1n) is 5.91. The molecule has 1 aliphatic heterocycles. The molecule has 1 saturated heterocycles. The summed E-state index contributed by atoms with van der Waals surface area (Å²) >= 11 is 4.06. The third kappa shape index (κ3) is 5.45. The summed E-state index contributed by atoms with van der Waals surface area (Å²) in [5.74, 6) is -0.0233. The summed E-state index contributed by atoms with van der Waals surface area (Å²) in [6, 6.07) is 2.39. The molecule has 1 heterocycles. The van der Waals surface area contributed by atoms with Crippen LogP contribution in [0.25, 0.3) is 0 Å². The summed E-state index contributed by atoms with van der Waals surface area (Å²) in [4.78, 5) is 1.74. The second kappa shape index (κ2) is 9.86. The number of nitrogens with one attached hydrogen (secondary N) is 1. The van der Waals surface area contributed by atoms with Crippen LogP contribution in [0.4, 0.5) is 8.78 Å². The van der Waals surface area contributed by atoms with Gasteiger partial charge in [-0.2, -0.15) is 0 Å². The highest BCUT2D eigenvalue weighted by Crippen LogP contribution is 2.37. The van der Waals surface area contributed by atoms with E-state index in [0.29, 0.717) is 35.3 Å². The molecular formula is C12H16Cl2F2I2N2O. The number of hydrogen-bond acceptors (Lipinski definition) is 3. The maximum Gasteiger partial charge on any atom is 0.258 e. The van der Waals surface area contributed by atoms with Gasteiger partial charge < -0.3 is 10.4 Å². The largest absolute Gasteiger partial charge is 0.506 e. The molecule has 1 aromatic rings. The second-order valence-corrected chi connectivity index (χ2v) is 6.80. The van der Waals surface area contributed by atoms with Gasteiger partial charge in [0.05, 0.1) is 3.57 Å². The average molecular weight is 567 g/mol. The fourth-order valence-electron chi connectivity index (χ4n) is 2.26. The molecule has 9 heteroatoms. The predicted molar refractivity (Wildman–Crippen MR) is 101 cm³/mol. The first kappa shape index (κ1) is 21.8. The minimum absolute atomic E-state index is 0. The lowest BCUT2D eigenvalue weighted by Gasteiger charge is -2.35. The van der Waals surface area contributed by atoms with Crippen LogP contribution in [0.3, 0.4) is 0 Å². The summed E-state index contributed by atoms with van der Waals surface area (Å²) in [7, 11) is 0. The zero-order valence-corrected chi connectivity index (χ0v) is 16.8. The number of hydrogen-bond donors (Lipinski definition) is 2. The van der Waals surface area contributed by atoms with Crippen molar-refractivity contribution in [2.45, 2.75) is 12.5 Å². The Morgan fingerprint density at radius 2 is 1.71 bits per heavy atom. The SMILES string of the molecule is Cl.Cl.Oc1c(I)cc(I)cc1[C@@H](C(F)F)N1CCNCC1. The Morgan fingerprint density at radius 3 is 2.24 bits per heavy atom. The number of alkyl halides is 2. The lowest BCUT2D eigenvalue weighted by Crippen LogP contribution is -2.47. The molecule has 0 amide bonds. The van der Waals surface area contributed by atoms with Crippen molar-refractivity contribution in [2.24, 2.45) is 0 Å². The molecule has 1 atom stereocenters. The zero-order valence-electron chi connectivity index (χ0n) is 10.9. The van der Waals surface area contributed by atoms with E-state index >= 15 is 0 Å². The van der Waals surface area contributed by atoms with E-state index in [0.717, 1.165) is 3.57 Å². The van der Waals surface area contributed by atoms with Crippen molar-refractivity contribution in [1.29, 1.82) is 0 Å². The van der Waals surface area contributed by atoms with E-state index in [9.17, 15) is 13.9 Å². The van der Waals surface area contributed by atoms with Gasteiger partial charge in [0, 0.05) is 35.3 Å². The van der Waals surface area contributed by atoms with E-state index in [4.69, 9.17) is 0 Å². The minimum atomic E-state index is -2.52. The Kier molecular flexibility index (Phi) is 10.3. The highest BCUT2D eigenvalue weighted by molar-refractivity contribution is 14.1. The van der Waals surface area contributed by atoms with Crippen LogP contribution >= 0.6 is 70.0 Å². The van der Waals surface area contributed by atoms with Crippen LogP contribution in [-0.4, -0.2) is 42.6 Å². The molecule has 1 aliphatic rings. The molecule has 122 valence electrons. The van der Waals surface area contributed by atoms with Gasteiger partial charge in [0.1, 0.15) is 11.8 Å². The molecule has 0 bridgehead atoms. The van der Waals surface area contributed by atoms with Crippen LogP contribution in [0.5, 0.6) is 5.75 Å². The van der Waals surface area contributed by atoms with E-state index in [-0.39, 0.29) is 30.6 Å². The average Bonchev–Trinajstić information content (AvgIpc) is 2.36. The third-order valence-electron chi connectivity index (χ3n) is 3.16. The van der Waals surface area contributed by atoms with Gasteiger partial charge in [0.2, 0.25) is 0 Å². The van der Waals surface area contributed by atoms with Crippen LogP contribution in [0, 0.1) is 7.14 Å². The van der Waals surface area contributed by atoms with Gasteiger partial charge >= 0.3 is 0 Å². The third-order valence-corrected chi connectivity index (χ3v) is 4.61. The van der Waals surface area contributed by atoms with E-state index in [1.165, 1.54) is 0 Å². The van der Waals surface area contributed by atoms with Gasteiger partial charge in [-0.25, -0.2) is 8.78 Å². The molecule has 2 N–H and O–H groups in total. The standard InChI is InChI=1S/C12H14F2I2N2O.2ClH/c13-12(14)10(18-3-1-17-2-4-18)8-5-7(15)6-9(16)11(8)19;;/h5-6,10,12,17,19H,1-4H2;2*1H/t10-;;/m0../s1. The Morgan fingerprint density at radius 1 is 1.14 bits per heavy atom. The molecule has 2 rings (SSSR count). The summed E-state index contributed by atoms with van der Waals surface area (Å²) in [6.07, 6.45) is -2.52. The molecule has 3 nitrogen and oxygen atoms in total. The van der Waals surface area contributed by atoms with Crippen LogP contribution in [-0.2, 0) is 0 Å². The number of aromatic hydroxyl groups is 1. The summed E-state index contributed by atoms with van der Waals surface area (Å²) < 4.78 is 28.3. The number of benzene rings is 1. The molecule has 0 aliphatic carbocycles. The lowest BCUT2D eigenvalue weighted by molar-refractivity contribution is 0.0169. The first-order chi connectivity index (χ1) is 9.00. The Hall–Kier alpha value is 0.840. The number of piperazine rings is 1. The van der Waals surface area contributed by atoms with Gasteiger partial charge in [-0.05, 0) is 57.3 Å². The van der Waals surface area contributed by atoms with E-state index < -0.39 is 12.5 Å². The fourth-order valence-corrected chi connectivity index (χ4v) is 4.15. The molecular weight excluding hydrogens is 551 g/mol. The van der Waals surface area contributed by atoms with Gasteiger partial charge in [0.15, 0.2) is 0 Å². The minimum Gasteiger partial charge on any atom is -0.506 e. The fraction of sp³-hybridized carbons (Fsp3) is 0.500. The Bertz CT molecular complexity index is 463. The molecule has 1 fully saturated rings. The second-order valence-electron chi connectivity index (χ2n) is 4.39. The quantitative estimate of drug-likeness (QED) is 0.549. The smallest absolute Gasteiger partial charge is 0.258 e. The summed E-state index contributed by atoms with van der Waals surface area (Å²) in [6.45, 7) is 2.53. The number of nitrogens with zero attached hydrogens (tertiary/aromatic N) is 1. The predicted octanol–water partition coefficient (Wildman–Crippen LogP) is 3.66. The van der Waals surface area contributed by atoms with Crippen LogP contribution in [0.15, 0.2) is 12.1 Å². The normalized spacial score (nSPS) is 17.0. The van der Waals surface area contributed by atoms with Crippen molar-refractivity contribution < 1.29 is 13.9 Å². The van der Waals surface area contributed by atoms with E-state index in [1.54, 1.807) is 17.0 Å². The van der Waals surface area contributed by atoms with Crippen molar-refractivity contribution in [3.63, 3.8) is 0 Å². The van der Waals surface area contributed by atoms with Crippen LogP contribution in [0.2, 0.25) is 0 Å².